The molecule has 0 saturated carbocycles. The number of amides is 1. The van der Waals surface area contributed by atoms with Crippen LogP contribution in [0.4, 0.5) is 0 Å². The minimum absolute atomic E-state index is 0.0674. The van der Waals surface area contributed by atoms with Crippen molar-refractivity contribution in [3.63, 3.8) is 0 Å². The fourth-order valence-corrected chi connectivity index (χ4v) is 8.17. The molecule has 0 aromatic rings. The third-order valence-corrected chi connectivity index (χ3v) is 12.8. The number of carbonyl (C=O) groups excluding carboxylic acids is 2. The van der Waals surface area contributed by atoms with Gasteiger partial charge in [-0.05, 0) is 89.9 Å². The lowest BCUT2D eigenvalue weighted by atomic mass is 9.99. The Morgan fingerprint density at radius 1 is 0.562 bits per heavy atom. The van der Waals surface area contributed by atoms with Gasteiger partial charge in [-0.3, -0.25) is 9.59 Å². The van der Waals surface area contributed by atoms with E-state index < -0.39 is 67.4 Å². The van der Waals surface area contributed by atoms with Gasteiger partial charge in [0.05, 0.1) is 25.4 Å². The van der Waals surface area contributed by atoms with Gasteiger partial charge in [-0.15, -0.1) is 0 Å². The van der Waals surface area contributed by atoms with Crippen LogP contribution in [0.5, 0.6) is 0 Å². The van der Waals surface area contributed by atoms with Crippen molar-refractivity contribution in [2.24, 2.45) is 0 Å². The van der Waals surface area contributed by atoms with Crippen LogP contribution in [0.1, 0.15) is 207 Å². The molecule has 1 fully saturated rings. The molecule has 6 N–H and O–H groups in total. The lowest BCUT2D eigenvalue weighted by Gasteiger charge is -2.41. The average molecular weight is 1020 g/mol. The molecule has 1 aliphatic rings. The zero-order valence-corrected chi connectivity index (χ0v) is 45.7. The zero-order chi connectivity index (χ0) is 53.3. The monoisotopic (exact) mass is 1020 g/mol. The maximum atomic E-state index is 13.4. The molecule has 0 spiro atoms. The van der Waals surface area contributed by atoms with Gasteiger partial charge in [0, 0.05) is 6.42 Å². The number of esters is 1. The fourth-order valence-electron chi connectivity index (χ4n) is 8.17. The first-order valence-electron chi connectivity index (χ1n) is 28.7. The Morgan fingerprint density at radius 2 is 1.04 bits per heavy atom. The van der Waals surface area contributed by atoms with Crippen molar-refractivity contribution in [1.82, 2.24) is 5.32 Å². The second kappa shape index (κ2) is 49.2. The van der Waals surface area contributed by atoms with Crippen molar-refractivity contribution in [1.29, 1.82) is 0 Å². The van der Waals surface area contributed by atoms with E-state index in [2.05, 4.69) is 86.8 Å². The topological polar surface area (TPSA) is 175 Å². The van der Waals surface area contributed by atoms with Crippen LogP contribution in [0.25, 0.3) is 0 Å². The van der Waals surface area contributed by atoms with Gasteiger partial charge in [-0.1, -0.05) is 220 Å². The lowest BCUT2D eigenvalue weighted by Crippen LogP contribution is -2.61. The fraction of sp³-hybridized carbons (Fsp3) is 0.677. The second-order valence-corrected chi connectivity index (χ2v) is 19.4. The van der Waals surface area contributed by atoms with Crippen LogP contribution in [0.2, 0.25) is 0 Å². The molecule has 1 aliphatic heterocycles. The highest BCUT2D eigenvalue weighted by Gasteiger charge is 2.47. The van der Waals surface area contributed by atoms with Crippen LogP contribution in [0, 0.1) is 0 Å². The highest BCUT2D eigenvalue weighted by atomic mass is 16.7. The molecule has 0 radical (unpaired) electrons. The van der Waals surface area contributed by atoms with Crippen LogP contribution in [0.15, 0.2) is 109 Å². The summed E-state index contributed by atoms with van der Waals surface area (Å²) in [4.78, 5) is 26.4. The number of unbranched alkanes of at least 4 members (excludes halogenated alkanes) is 19. The third kappa shape index (κ3) is 37.7. The molecule has 1 saturated heterocycles. The molecule has 0 bridgehead atoms. The SMILES string of the molecule is CC/C=C/C=C/C=C\C=C/CCCCCC(=O)OC1C(OCC(NC(=O)C(O)CCCC/C=C\C/C=C\C/C=C\C/C=C\CCCCC)C(O)/C=C/CCCCCCCCCCCCC)OC(CO)C(O)C1O. The number of ether oxygens (including phenoxy) is 3. The molecule has 0 aliphatic carbocycles. The first kappa shape index (κ1) is 67.3. The molecule has 11 nitrogen and oxygen atoms in total. The van der Waals surface area contributed by atoms with Gasteiger partial charge in [-0.2, -0.15) is 0 Å². The van der Waals surface area contributed by atoms with Gasteiger partial charge in [0.25, 0.3) is 0 Å². The number of allylic oxidation sites excluding steroid dienone is 17. The second-order valence-electron chi connectivity index (χ2n) is 19.4. The highest BCUT2D eigenvalue weighted by Crippen LogP contribution is 2.26. The van der Waals surface area contributed by atoms with E-state index in [4.69, 9.17) is 14.2 Å². The van der Waals surface area contributed by atoms with Crippen LogP contribution in [-0.4, -0.2) is 99.6 Å². The number of aliphatic hydroxyl groups is 5. The predicted octanol–water partition coefficient (Wildman–Crippen LogP) is 12.9. The van der Waals surface area contributed by atoms with Crippen molar-refractivity contribution < 1.29 is 49.3 Å². The van der Waals surface area contributed by atoms with E-state index in [1.807, 2.05) is 42.5 Å². The smallest absolute Gasteiger partial charge is 0.306 e. The predicted molar refractivity (Wildman–Crippen MR) is 301 cm³/mol. The van der Waals surface area contributed by atoms with Gasteiger partial charge in [0.1, 0.15) is 24.4 Å². The summed E-state index contributed by atoms with van der Waals surface area (Å²) in [5, 5.41) is 56.8. The number of nitrogens with one attached hydrogen (secondary N) is 1. The molecule has 1 heterocycles. The summed E-state index contributed by atoms with van der Waals surface area (Å²) in [5.41, 5.74) is 0. The maximum Gasteiger partial charge on any atom is 0.306 e. The summed E-state index contributed by atoms with van der Waals surface area (Å²) >= 11 is 0. The zero-order valence-electron chi connectivity index (χ0n) is 45.7. The number of hydrogen-bond acceptors (Lipinski definition) is 10. The summed E-state index contributed by atoms with van der Waals surface area (Å²) in [6.45, 7) is 5.55. The Bertz CT molecular complexity index is 1600. The van der Waals surface area contributed by atoms with Gasteiger partial charge >= 0.3 is 5.97 Å². The highest BCUT2D eigenvalue weighted by molar-refractivity contribution is 5.80. The van der Waals surface area contributed by atoms with E-state index >= 15 is 0 Å². The summed E-state index contributed by atoms with van der Waals surface area (Å²) < 4.78 is 17.5. The van der Waals surface area contributed by atoms with Gasteiger partial charge in [-0.25, -0.2) is 0 Å². The molecule has 1 amide bonds. The minimum Gasteiger partial charge on any atom is -0.454 e. The molecule has 8 unspecified atom stereocenters. The molecule has 0 aromatic heterocycles. The number of carbonyl (C=O) groups is 2. The average Bonchev–Trinajstić information content (AvgIpc) is 3.39. The van der Waals surface area contributed by atoms with Gasteiger partial charge in [0.15, 0.2) is 12.4 Å². The van der Waals surface area contributed by atoms with Crippen LogP contribution < -0.4 is 5.32 Å². The van der Waals surface area contributed by atoms with Crippen molar-refractivity contribution in [2.45, 2.75) is 256 Å². The molecule has 0 aromatic carbocycles. The van der Waals surface area contributed by atoms with Gasteiger partial charge in [0.2, 0.25) is 5.91 Å². The van der Waals surface area contributed by atoms with Crippen LogP contribution >= 0.6 is 0 Å². The first-order chi connectivity index (χ1) is 35.7. The normalized spacial score (nSPS) is 20.2. The Morgan fingerprint density at radius 3 is 1.63 bits per heavy atom. The number of rotatable bonds is 46. The molecular formula is C62H103NO10. The minimum atomic E-state index is -1.64. The van der Waals surface area contributed by atoms with E-state index in [1.165, 1.54) is 70.6 Å². The van der Waals surface area contributed by atoms with E-state index in [0.29, 0.717) is 12.8 Å². The van der Waals surface area contributed by atoms with Gasteiger partial charge < -0.3 is 45.1 Å². The van der Waals surface area contributed by atoms with Crippen molar-refractivity contribution >= 4 is 11.9 Å². The van der Waals surface area contributed by atoms with Crippen molar-refractivity contribution in [3.05, 3.63) is 109 Å². The Labute approximate surface area is 443 Å². The van der Waals surface area contributed by atoms with Crippen LogP contribution in [0.3, 0.4) is 0 Å². The van der Waals surface area contributed by atoms with Crippen LogP contribution in [-0.2, 0) is 23.8 Å². The van der Waals surface area contributed by atoms with Crippen molar-refractivity contribution in [2.75, 3.05) is 13.2 Å². The Hall–Kier alpha value is -3.68. The number of aliphatic hydroxyl groups excluding tert-OH is 5. The molecule has 1 rings (SSSR count). The summed E-state index contributed by atoms with van der Waals surface area (Å²) in [6.07, 6.45) is 55.6. The largest absolute Gasteiger partial charge is 0.454 e. The molecule has 11 heteroatoms. The summed E-state index contributed by atoms with van der Waals surface area (Å²) in [5.74, 6) is -1.28. The van der Waals surface area contributed by atoms with E-state index in [-0.39, 0.29) is 19.4 Å². The maximum absolute atomic E-state index is 13.4. The third-order valence-electron chi connectivity index (χ3n) is 12.8. The number of hydrogen-bond donors (Lipinski definition) is 6. The van der Waals surface area contributed by atoms with Crippen molar-refractivity contribution in [3.8, 4) is 0 Å². The standard InChI is InChI=1S/C62H103NO10/c1-4-7-10-13-16-19-22-25-26-27-28-29-32-34-37-40-43-46-49-55(66)61(70)63-53(54(65)48-45-42-39-36-33-30-23-20-17-14-11-8-5-2)52-71-62-60(59(69)58(68)56(51-64)72-62)73-57(67)50-47-44-41-38-35-31-24-21-18-15-12-9-6-3/h9,12,15-16,18-19,21,24-26,28-29,31,34-35,37,45,48,53-56,58-60,62,64-66,68-69H,4-8,10-11,13-14,17,20,22-23,27,30,32-33,36,38-44,46-47,49-52H2,1-3H3,(H,63,70)/b12-9+,18-15+,19-16-,24-21-,26-25-,29-28-,35-31-,37-34-,48-45+. The summed E-state index contributed by atoms with van der Waals surface area (Å²) in [6, 6.07) is -1.06. The van der Waals surface area contributed by atoms with E-state index in [9.17, 15) is 35.1 Å². The first-order valence-corrected chi connectivity index (χ1v) is 28.7. The molecular weight excluding hydrogens is 919 g/mol. The lowest BCUT2D eigenvalue weighted by molar-refractivity contribution is -0.305. The van der Waals surface area contributed by atoms with E-state index in [0.717, 1.165) is 89.9 Å². The molecule has 8 atom stereocenters. The quantitative estimate of drug-likeness (QED) is 0.0149. The molecule has 416 valence electrons. The Balaban J connectivity index is 2.80. The summed E-state index contributed by atoms with van der Waals surface area (Å²) in [7, 11) is 0. The Kier molecular flexibility index (Phi) is 45.4. The molecule has 73 heavy (non-hydrogen) atoms. The van der Waals surface area contributed by atoms with E-state index in [1.54, 1.807) is 6.08 Å².